The Morgan fingerprint density at radius 2 is 1.81 bits per heavy atom. The lowest BCUT2D eigenvalue weighted by atomic mass is 9.91. The lowest BCUT2D eigenvalue weighted by molar-refractivity contribution is -0.385. The Hall–Kier alpha value is -2.31. The van der Waals surface area contributed by atoms with Crippen LogP contribution in [0.2, 0.25) is 0 Å². The van der Waals surface area contributed by atoms with Gasteiger partial charge in [0, 0.05) is 6.92 Å². The summed E-state index contributed by atoms with van der Waals surface area (Å²) in [6.07, 6.45) is 1.80. The molecule has 7 heteroatoms. The number of carbonyl (C=O) groups is 1. The van der Waals surface area contributed by atoms with Crippen LogP contribution in [0.5, 0.6) is 11.5 Å². The van der Waals surface area contributed by atoms with Crippen molar-refractivity contribution in [2.24, 2.45) is 5.41 Å². The monoisotopic (exact) mass is 369 g/mol. The predicted molar refractivity (Wildman–Crippen MR) is 101 cm³/mol. The third-order valence-electron chi connectivity index (χ3n) is 3.32. The number of esters is 1. The molecule has 0 heterocycles. The summed E-state index contributed by atoms with van der Waals surface area (Å²) in [6.45, 7) is 11.9. The zero-order chi connectivity index (χ0) is 20.3. The maximum Gasteiger partial charge on any atom is 0.302 e. The molecule has 0 atom stereocenters. The lowest BCUT2D eigenvalue weighted by Crippen LogP contribution is -2.09. The van der Waals surface area contributed by atoms with Crippen molar-refractivity contribution in [1.29, 1.82) is 0 Å². The number of nitro groups is 1. The minimum Gasteiger partial charge on any atom is -0.493 e. The van der Waals surface area contributed by atoms with Crippen molar-refractivity contribution in [1.82, 2.24) is 0 Å². The van der Waals surface area contributed by atoms with Crippen molar-refractivity contribution >= 4 is 11.7 Å². The summed E-state index contributed by atoms with van der Waals surface area (Å²) in [5.41, 5.74) is 0.296. The second-order valence-electron chi connectivity index (χ2n) is 6.68. The number of carbonyl (C=O) groups excluding carboxylic acids is 1. The Kier molecular flexibility index (Phi) is 10.3. The first-order valence-corrected chi connectivity index (χ1v) is 8.75. The van der Waals surface area contributed by atoms with Gasteiger partial charge in [-0.15, -0.1) is 0 Å². The molecule has 0 spiro atoms. The second-order valence-corrected chi connectivity index (χ2v) is 6.68. The molecule has 0 bridgehead atoms. The molecule has 0 fully saturated rings. The Labute approximate surface area is 155 Å². The number of methoxy groups -OCH3 is 1. The minimum atomic E-state index is -0.527. The first-order chi connectivity index (χ1) is 12.1. The normalized spacial score (nSPS) is 10.4. The highest BCUT2D eigenvalue weighted by Gasteiger charge is 2.21. The number of nitro benzene ring substituents is 1. The van der Waals surface area contributed by atoms with Gasteiger partial charge in [-0.05, 0) is 24.3 Å². The molecule has 0 N–H and O–H groups in total. The van der Waals surface area contributed by atoms with Crippen LogP contribution >= 0.6 is 0 Å². The van der Waals surface area contributed by atoms with Crippen LogP contribution in [0.15, 0.2) is 12.1 Å². The van der Waals surface area contributed by atoms with Crippen LogP contribution in [0.4, 0.5) is 5.69 Å². The van der Waals surface area contributed by atoms with Crippen LogP contribution < -0.4 is 9.47 Å². The number of rotatable bonds is 8. The van der Waals surface area contributed by atoms with Crippen LogP contribution in [0, 0.1) is 15.5 Å². The van der Waals surface area contributed by atoms with Gasteiger partial charge in [-0.25, -0.2) is 0 Å². The summed E-state index contributed by atoms with van der Waals surface area (Å²) in [5, 5.41) is 11.2. The SMILES string of the molecule is CC.COc1cc(COC(C)=O)c([N+](=O)[O-])cc1OCCCC(C)(C)C. The smallest absolute Gasteiger partial charge is 0.302 e. The molecular weight excluding hydrogens is 338 g/mol. The fourth-order valence-electron chi connectivity index (χ4n) is 2.11. The van der Waals surface area contributed by atoms with Gasteiger partial charge in [0.1, 0.15) is 6.61 Å². The molecule has 1 rings (SSSR count). The van der Waals surface area contributed by atoms with E-state index in [1.54, 1.807) is 0 Å². The van der Waals surface area contributed by atoms with Gasteiger partial charge in [0.25, 0.3) is 5.69 Å². The number of hydrogen-bond donors (Lipinski definition) is 0. The van der Waals surface area contributed by atoms with E-state index in [2.05, 4.69) is 20.8 Å². The third-order valence-corrected chi connectivity index (χ3v) is 3.32. The Morgan fingerprint density at radius 3 is 2.27 bits per heavy atom. The fourth-order valence-corrected chi connectivity index (χ4v) is 2.11. The van der Waals surface area contributed by atoms with E-state index in [9.17, 15) is 14.9 Å². The van der Waals surface area contributed by atoms with Crippen LogP contribution in [0.25, 0.3) is 0 Å². The highest BCUT2D eigenvalue weighted by Crippen LogP contribution is 2.35. The fraction of sp³-hybridized carbons (Fsp3) is 0.632. The van der Waals surface area contributed by atoms with E-state index < -0.39 is 10.9 Å². The molecule has 0 saturated carbocycles. The van der Waals surface area contributed by atoms with Crippen molar-refractivity contribution in [3.05, 3.63) is 27.8 Å². The van der Waals surface area contributed by atoms with Gasteiger partial charge in [0.15, 0.2) is 11.5 Å². The molecule has 0 amide bonds. The van der Waals surface area contributed by atoms with E-state index in [1.807, 2.05) is 13.8 Å². The quantitative estimate of drug-likeness (QED) is 0.280. The van der Waals surface area contributed by atoms with Crippen molar-refractivity contribution in [3.8, 4) is 11.5 Å². The molecule has 1 aromatic carbocycles. The van der Waals surface area contributed by atoms with E-state index in [4.69, 9.17) is 14.2 Å². The van der Waals surface area contributed by atoms with Crippen LogP contribution in [0.1, 0.15) is 59.9 Å². The van der Waals surface area contributed by atoms with Gasteiger partial charge < -0.3 is 14.2 Å². The topological polar surface area (TPSA) is 87.9 Å². The van der Waals surface area contributed by atoms with Crippen molar-refractivity contribution in [2.75, 3.05) is 13.7 Å². The highest BCUT2D eigenvalue weighted by molar-refractivity contribution is 5.66. The van der Waals surface area contributed by atoms with E-state index >= 15 is 0 Å². The summed E-state index contributed by atoms with van der Waals surface area (Å²) in [5.74, 6) is 0.175. The van der Waals surface area contributed by atoms with Gasteiger partial charge >= 0.3 is 5.97 Å². The van der Waals surface area contributed by atoms with E-state index in [-0.39, 0.29) is 23.3 Å². The average molecular weight is 369 g/mol. The van der Waals surface area contributed by atoms with Crippen LogP contribution in [-0.4, -0.2) is 24.6 Å². The van der Waals surface area contributed by atoms with Crippen molar-refractivity contribution < 1.29 is 23.9 Å². The first kappa shape index (κ1) is 23.7. The van der Waals surface area contributed by atoms with E-state index in [0.717, 1.165) is 12.8 Å². The molecule has 0 radical (unpaired) electrons. The first-order valence-electron chi connectivity index (χ1n) is 8.75. The molecule has 0 aliphatic carbocycles. The largest absolute Gasteiger partial charge is 0.493 e. The van der Waals surface area contributed by atoms with Crippen molar-refractivity contribution in [2.45, 2.75) is 61.0 Å². The molecule has 148 valence electrons. The summed E-state index contributed by atoms with van der Waals surface area (Å²) in [6, 6.07) is 2.79. The molecule has 0 unspecified atom stereocenters. The third kappa shape index (κ3) is 8.69. The molecule has 0 aliphatic rings. The van der Waals surface area contributed by atoms with E-state index in [0.29, 0.717) is 18.1 Å². The Balaban J connectivity index is 0.00000301. The summed E-state index contributed by atoms with van der Waals surface area (Å²) in [4.78, 5) is 21.6. The average Bonchev–Trinajstić information content (AvgIpc) is 2.57. The van der Waals surface area contributed by atoms with Crippen LogP contribution in [0.3, 0.4) is 0 Å². The van der Waals surface area contributed by atoms with Gasteiger partial charge in [-0.2, -0.15) is 0 Å². The maximum atomic E-state index is 11.2. The number of ether oxygens (including phenoxy) is 3. The standard InChI is InChI=1S/C17H25NO6.C2H6/c1-12(19)24-11-13-9-15(22-5)16(10-14(13)18(20)21)23-8-6-7-17(2,3)4;1-2/h9-10H,6-8,11H2,1-5H3;1-2H3. The number of benzene rings is 1. The predicted octanol–water partition coefficient (Wildman–Crippen LogP) is 4.90. The Morgan fingerprint density at radius 1 is 1.19 bits per heavy atom. The Bertz CT molecular complexity index is 592. The van der Waals surface area contributed by atoms with Crippen LogP contribution in [-0.2, 0) is 16.1 Å². The highest BCUT2D eigenvalue weighted by atomic mass is 16.6. The molecule has 0 aromatic heterocycles. The van der Waals surface area contributed by atoms with Gasteiger partial charge in [0.2, 0.25) is 0 Å². The van der Waals surface area contributed by atoms with Gasteiger partial charge in [0.05, 0.1) is 30.3 Å². The molecular formula is C19H31NO6. The van der Waals surface area contributed by atoms with Crippen molar-refractivity contribution in [3.63, 3.8) is 0 Å². The zero-order valence-electron chi connectivity index (χ0n) is 16.9. The summed E-state index contributed by atoms with van der Waals surface area (Å²) >= 11 is 0. The lowest BCUT2D eigenvalue weighted by Gasteiger charge is -2.18. The maximum absolute atomic E-state index is 11.2. The summed E-state index contributed by atoms with van der Waals surface area (Å²) in [7, 11) is 1.46. The molecule has 0 aliphatic heterocycles. The number of hydrogen-bond acceptors (Lipinski definition) is 6. The second kappa shape index (κ2) is 11.3. The molecule has 0 saturated heterocycles. The minimum absolute atomic E-state index is 0.164. The van der Waals surface area contributed by atoms with E-state index in [1.165, 1.54) is 26.2 Å². The number of nitrogens with zero attached hydrogens (tertiary/aromatic N) is 1. The molecule has 1 aromatic rings. The van der Waals surface area contributed by atoms with Gasteiger partial charge in [-0.1, -0.05) is 34.6 Å². The molecule has 7 nitrogen and oxygen atoms in total. The zero-order valence-corrected chi connectivity index (χ0v) is 16.9. The molecule has 26 heavy (non-hydrogen) atoms. The summed E-state index contributed by atoms with van der Waals surface area (Å²) < 4.78 is 15.7. The van der Waals surface area contributed by atoms with Gasteiger partial charge in [-0.3, -0.25) is 14.9 Å².